The molecule has 0 aliphatic heterocycles. The summed E-state index contributed by atoms with van der Waals surface area (Å²) in [5.74, 6) is -1.24. The number of aliphatic hydroxyl groups excluding tert-OH is 1. The van der Waals surface area contributed by atoms with E-state index in [0.29, 0.717) is 27.3 Å². The largest absolute Gasteiger partial charge is 0.511 e. The van der Waals surface area contributed by atoms with E-state index in [0.717, 1.165) is 6.07 Å². The van der Waals surface area contributed by atoms with E-state index in [1.54, 1.807) is 20.8 Å². The molecule has 0 unspecified atom stereocenters. The number of aromatic hydroxyl groups is 3. The number of rotatable bonds is 0. The van der Waals surface area contributed by atoms with Crippen molar-refractivity contribution in [2.45, 2.75) is 26.2 Å². The number of benzene rings is 4. The van der Waals surface area contributed by atoms with Crippen LogP contribution in [0.1, 0.15) is 25.0 Å². The van der Waals surface area contributed by atoms with Gasteiger partial charge in [-0.3, -0.25) is 9.59 Å². The van der Waals surface area contributed by atoms with Gasteiger partial charge in [-0.25, -0.2) is 0 Å². The van der Waals surface area contributed by atoms with Crippen molar-refractivity contribution in [3.05, 3.63) is 55.0 Å². The summed E-state index contributed by atoms with van der Waals surface area (Å²) in [5.41, 5.74) is -1.03. The van der Waals surface area contributed by atoms with Gasteiger partial charge >= 0.3 is 0 Å². The zero-order valence-corrected chi connectivity index (χ0v) is 15.3. The normalized spacial score (nSPS) is 15.3. The molecule has 4 aromatic carbocycles. The topological polar surface area (TPSA) is 115 Å². The number of hydrogen-bond acceptors (Lipinski definition) is 6. The second-order valence-electron chi connectivity index (χ2n) is 7.98. The fraction of sp³-hybridized carbons (Fsp3) is 0.182. The second-order valence-corrected chi connectivity index (χ2v) is 7.98. The summed E-state index contributed by atoms with van der Waals surface area (Å²) in [6.45, 7) is 5.10. The van der Waals surface area contributed by atoms with E-state index < -0.39 is 27.8 Å². The Morgan fingerprint density at radius 3 is 2.04 bits per heavy atom. The Bertz CT molecular complexity index is 1560. The fourth-order valence-electron chi connectivity index (χ4n) is 4.70. The van der Waals surface area contributed by atoms with Crippen LogP contribution in [0.3, 0.4) is 0 Å². The molecule has 140 valence electrons. The molecule has 6 heteroatoms. The molecule has 0 saturated carbocycles. The summed E-state index contributed by atoms with van der Waals surface area (Å²) in [6, 6.07) is 3.77. The van der Waals surface area contributed by atoms with Gasteiger partial charge in [0, 0.05) is 27.6 Å². The Hall–Kier alpha value is -3.54. The minimum Gasteiger partial charge on any atom is -0.511 e. The molecule has 0 atom stereocenters. The molecule has 0 fully saturated rings. The van der Waals surface area contributed by atoms with E-state index in [2.05, 4.69) is 0 Å². The molecule has 0 bridgehead atoms. The van der Waals surface area contributed by atoms with E-state index in [1.807, 2.05) is 0 Å². The summed E-state index contributed by atoms with van der Waals surface area (Å²) in [6.07, 6.45) is 0. The average Bonchev–Trinajstić information content (AvgIpc) is 2.58. The first-order chi connectivity index (χ1) is 13.1. The van der Waals surface area contributed by atoms with Crippen molar-refractivity contribution in [2.24, 2.45) is 0 Å². The van der Waals surface area contributed by atoms with Crippen molar-refractivity contribution >= 4 is 38.1 Å². The number of phenolic OH excluding ortho intramolecular Hbond substituents is 3. The average molecular weight is 376 g/mol. The summed E-state index contributed by atoms with van der Waals surface area (Å²) >= 11 is 0. The van der Waals surface area contributed by atoms with E-state index in [1.165, 1.54) is 12.1 Å². The summed E-state index contributed by atoms with van der Waals surface area (Å²) < 4.78 is 0. The van der Waals surface area contributed by atoms with Crippen LogP contribution in [0.25, 0.3) is 38.1 Å². The van der Waals surface area contributed by atoms with Crippen molar-refractivity contribution in [3.8, 4) is 17.2 Å². The Morgan fingerprint density at radius 2 is 1.36 bits per heavy atom. The van der Waals surface area contributed by atoms with Crippen molar-refractivity contribution in [1.82, 2.24) is 0 Å². The maximum Gasteiger partial charge on any atom is 0.193 e. The van der Waals surface area contributed by atoms with Crippen LogP contribution in [0.5, 0.6) is 17.2 Å². The molecule has 4 aromatic rings. The van der Waals surface area contributed by atoms with Crippen LogP contribution in [-0.2, 0) is 5.41 Å². The van der Waals surface area contributed by atoms with E-state index in [9.17, 15) is 30.0 Å². The quantitative estimate of drug-likeness (QED) is 0.277. The van der Waals surface area contributed by atoms with Crippen LogP contribution in [-0.4, -0.2) is 20.4 Å². The SMILES string of the molecule is Cc1cc(=O)c2c(O)c3c(O)cc(=O)c4c3c3c(cc(O)c1c23)C(C)(C)C=4O. The smallest absolute Gasteiger partial charge is 0.193 e. The predicted octanol–water partition coefficient (Wildman–Crippen LogP) is 2.41. The monoisotopic (exact) mass is 376 g/mol. The number of hydrogen-bond donors (Lipinski definition) is 4. The van der Waals surface area contributed by atoms with Gasteiger partial charge in [0.25, 0.3) is 0 Å². The summed E-state index contributed by atoms with van der Waals surface area (Å²) in [5, 5.41) is 44.2. The number of aliphatic hydroxyl groups is 1. The summed E-state index contributed by atoms with van der Waals surface area (Å²) in [7, 11) is 0. The third-order valence-corrected chi connectivity index (χ3v) is 6.04. The molecule has 5 rings (SSSR count). The first-order valence-electron chi connectivity index (χ1n) is 8.78. The molecule has 1 aliphatic carbocycles. The lowest BCUT2D eigenvalue weighted by Crippen LogP contribution is -2.37. The van der Waals surface area contributed by atoms with Crippen LogP contribution in [0.4, 0.5) is 0 Å². The second kappa shape index (κ2) is 4.65. The van der Waals surface area contributed by atoms with Gasteiger partial charge < -0.3 is 20.4 Å². The fourth-order valence-corrected chi connectivity index (χ4v) is 4.70. The first kappa shape index (κ1) is 16.6. The molecule has 0 amide bonds. The zero-order valence-electron chi connectivity index (χ0n) is 15.3. The van der Waals surface area contributed by atoms with Gasteiger partial charge in [0.1, 0.15) is 23.0 Å². The Labute approximate surface area is 157 Å². The number of phenols is 3. The highest BCUT2D eigenvalue weighted by atomic mass is 16.3. The highest BCUT2D eigenvalue weighted by Gasteiger charge is 2.37. The van der Waals surface area contributed by atoms with Crippen LogP contribution in [0.15, 0.2) is 27.8 Å². The van der Waals surface area contributed by atoms with Crippen molar-refractivity contribution < 1.29 is 20.4 Å². The molecular weight excluding hydrogens is 360 g/mol. The predicted molar refractivity (Wildman–Crippen MR) is 107 cm³/mol. The lowest BCUT2D eigenvalue weighted by Gasteiger charge is -2.32. The number of aryl methyl sites for hydroxylation is 1. The molecule has 28 heavy (non-hydrogen) atoms. The van der Waals surface area contributed by atoms with E-state index in [-0.39, 0.29) is 32.9 Å². The maximum absolute atomic E-state index is 12.8. The molecule has 4 N–H and O–H groups in total. The Balaban J connectivity index is 2.41. The van der Waals surface area contributed by atoms with E-state index >= 15 is 0 Å². The highest BCUT2D eigenvalue weighted by Crippen LogP contribution is 2.50. The highest BCUT2D eigenvalue weighted by molar-refractivity contribution is 6.29. The van der Waals surface area contributed by atoms with Crippen LogP contribution in [0, 0.1) is 6.92 Å². The molecule has 0 radical (unpaired) electrons. The molecule has 0 saturated heterocycles. The molecule has 6 nitrogen and oxygen atoms in total. The van der Waals surface area contributed by atoms with Crippen molar-refractivity contribution in [3.63, 3.8) is 0 Å². The molecule has 0 spiro atoms. The molecule has 0 heterocycles. The van der Waals surface area contributed by atoms with Gasteiger partial charge in [0.15, 0.2) is 10.9 Å². The Kier molecular flexibility index (Phi) is 2.76. The summed E-state index contributed by atoms with van der Waals surface area (Å²) in [4.78, 5) is 25.4. The minimum absolute atomic E-state index is 0.0107. The third-order valence-electron chi connectivity index (χ3n) is 6.04. The van der Waals surface area contributed by atoms with Crippen molar-refractivity contribution in [1.29, 1.82) is 0 Å². The lowest BCUT2D eigenvalue weighted by atomic mass is 9.72. The lowest BCUT2D eigenvalue weighted by molar-refractivity contribution is 0.413. The van der Waals surface area contributed by atoms with Crippen LogP contribution < -0.4 is 16.1 Å². The Morgan fingerprint density at radius 1 is 0.714 bits per heavy atom. The van der Waals surface area contributed by atoms with Gasteiger partial charge in [0.2, 0.25) is 0 Å². The first-order valence-corrected chi connectivity index (χ1v) is 8.78. The maximum atomic E-state index is 12.8. The van der Waals surface area contributed by atoms with E-state index in [4.69, 9.17) is 0 Å². The van der Waals surface area contributed by atoms with Gasteiger partial charge in [-0.2, -0.15) is 0 Å². The van der Waals surface area contributed by atoms with Gasteiger partial charge in [-0.05, 0) is 49.4 Å². The van der Waals surface area contributed by atoms with Crippen molar-refractivity contribution in [2.75, 3.05) is 0 Å². The van der Waals surface area contributed by atoms with Gasteiger partial charge in [-0.15, -0.1) is 0 Å². The zero-order chi connectivity index (χ0) is 20.3. The third kappa shape index (κ3) is 1.60. The molecular formula is C22H16O6. The van der Waals surface area contributed by atoms with Gasteiger partial charge in [0.05, 0.1) is 16.0 Å². The molecule has 0 aromatic heterocycles. The molecule has 1 aliphatic rings. The van der Waals surface area contributed by atoms with Crippen LogP contribution in [0.2, 0.25) is 0 Å². The standard InChI is InChI=1S/C22H16O6/c1-7-4-9(23)15-18-13(7)10(24)5-8-14(18)19-16(20(15)27)11(25)6-12(26)17(19)21(28)22(8,2)3/h4-6,24-25,27-28H,1-3H3. The van der Waals surface area contributed by atoms with Crippen LogP contribution >= 0.6 is 0 Å². The van der Waals surface area contributed by atoms with Gasteiger partial charge in [-0.1, -0.05) is 0 Å². The minimum atomic E-state index is -1.03.